The molecule has 34 heavy (non-hydrogen) atoms. The van der Waals surface area contributed by atoms with E-state index in [1.54, 1.807) is 0 Å². The zero-order chi connectivity index (χ0) is 25.5. The van der Waals surface area contributed by atoms with Crippen LogP contribution in [0.3, 0.4) is 0 Å². The first-order valence-corrected chi connectivity index (χ1v) is 12.7. The third-order valence-electron chi connectivity index (χ3n) is 4.99. The van der Waals surface area contributed by atoms with Crippen LogP contribution in [0.1, 0.15) is 52.7 Å². The minimum Gasteiger partial charge on any atom is -0.483 e. The highest BCUT2D eigenvalue weighted by atomic mass is 79.9. The normalized spacial score (nSPS) is 11.6. The van der Waals surface area contributed by atoms with Crippen molar-refractivity contribution in [2.45, 2.75) is 52.4 Å². The van der Waals surface area contributed by atoms with Gasteiger partial charge in [0.25, 0.3) is 11.8 Å². The van der Waals surface area contributed by atoms with Crippen LogP contribution in [0.5, 0.6) is 11.5 Å². The maximum Gasteiger partial charge on any atom is 0.258 e. The summed E-state index contributed by atoms with van der Waals surface area (Å²) in [5, 5.41) is 5.51. The van der Waals surface area contributed by atoms with E-state index in [1.165, 1.54) is 0 Å². The van der Waals surface area contributed by atoms with Crippen molar-refractivity contribution < 1.29 is 19.1 Å². The summed E-state index contributed by atoms with van der Waals surface area (Å²) in [6.45, 7) is 13.0. The molecule has 0 spiro atoms. The van der Waals surface area contributed by atoms with Crippen molar-refractivity contribution in [1.82, 2.24) is 10.6 Å². The molecule has 0 heterocycles. The summed E-state index contributed by atoms with van der Waals surface area (Å²) >= 11 is 6.96. The molecule has 0 fully saturated rings. The standard InChI is InChI=1S/C26H34Br2N2O4/c1-25(2,3)19-13-17(27)7-9-21(19)33-15-23(31)29-11-12-30-24(32)16-34-22-10-8-18(28)14-20(22)26(4,5)6/h7-10,13-14H,11-12,15-16H2,1-6H3,(H,29,31)(H,30,32). The average molecular weight is 598 g/mol. The molecule has 8 heteroatoms. The monoisotopic (exact) mass is 596 g/mol. The lowest BCUT2D eigenvalue weighted by Gasteiger charge is -2.23. The highest BCUT2D eigenvalue weighted by molar-refractivity contribution is 9.10. The Bertz CT molecular complexity index is 929. The summed E-state index contributed by atoms with van der Waals surface area (Å²) in [5.74, 6) is 0.855. The van der Waals surface area contributed by atoms with Crippen LogP contribution in [0.4, 0.5) is 0 Å². The van der Waals surface area contributed by atoms with Crippen LogP contribution in [-0.4, -0.2) is 38.1 Å². The van der Waals surface area contributed by atoms with Gasteiger partial charge in [-0.3, -0.25) is 9.59 Å². The maximum absolute atomic E-state index is 12.2. The van der Waals surface area contributed by atoms with Gasteiger partial charge in [-0.15, -0.1) is 0 Å². The van der Waals surface area contributed by atoms with Gasteiger partial charge in [-0.05, 0) is 47.2 Å². The Hall–Kier alpha value is -2.06. The fourth-order valence-corrected chi connectivity index (χ4v) is 3.94. The largest absolute Gasteiger partial charge is 0.483 e. The van der Waals surface area contributed by atoms with E-state index in [0.717, 1.165) is 20.1 Å². The van der Waals surface area contributed by atoms with Crippen LogP contribution < -0.4 is 20.1 Å². The van der Waals surface area contributed by atoms with E-state index < -0.39 is 0 Å². The third-order valence-corrected chi connectivity index (χ3v) is 5.97. The number of hydrogen-bond acceptors (Lipinski definition) is 4. The fraction of sp³-hybridized carbons (Fsp3) is 0.462. The zero-order valence-corrected chi connectivity index (χ0v) is 23.9. The van der Waals surface area contributed by atoms with Gasteiger partial charge >= 0.3 is 0 Å². The number of carbonyl (C=O) groups excluding carboxylic acids is 2. The van der Waals surface area contributed by atoms with Crippen molar-refractivity contribution >= 4 is 43.7 Å². The summed E-state index contributed by atoms with van der Waals surface area (Å²) in [6.07, 6.45) is 0. The highest BCUT2D eigenvalue weighted by Crippen LogP contribution is 2.34. The van der Waals surface area contributed by atoms with Gasteiger partial charge in [0.2, 0.25) is 0 Å². The SMILES string of the molecule is CC(C)(C)c1cc(Br)ccc1OCC(=O)NCCNC(=O)COc1ccc(Br)cc1C(C)(C)C. The van der Waals surface area contributed by atoms with Gasteiger partial charge in [0.1, 0.15) is 11.5 Å². The van der Waals surface area contributed by atoms with E-state index >= 15 is 0 Å². The number of hydrogen-bond donors (Lipinski definition) is 2. The Labute approximate surface area is 219 Å². The molecule has 0 aromatic heterocycles. The van der Waals surface area contributed by atoms with Gasteiger partial charge in [0, 0.05) is 33.2 Å². The van der Waals surface area contributed by atoms with Crippen LogP contribution in [0.25, 0.3) is 0 Å². The van der Waals surface area contributed by atoms with Crippen LogP contribution >= 0.6 is 31.9 Å². The molecular weight excluding hydrogens is 564 g/mol. The second-order valence-corrected chi connectivity index (χ2v) is 11.9. The highest BCUT2D eigenvalue weighted by Gasteiger charge is 2.21. The molecule has 0 atom stereocenters. The van der Waals surface area contributed by atoms with E-state index in [9.17, 15) is 9.59 Å². The van der Waals surface area contributed by atoms with Crippen molar-refractivity contribution in [3.05, 3.63) is 56.5 Å². The van der Waals surface area contributed by atoms with Crippen LogP contribution in [0.2, 0.25) is 0 Å². The van der Waals surface area contributed by atoms with Gasteiger partial charge in [0.05, 0.1) is 0 Å². The van der Waals surface area contributed by atoms with Gasteiger partial charge in [-0.25, -0.2) is 0 Å². The van der Waals surface area contributed by atoms with Crippen molar-refractivity contribution in [3.8, 4) is 11.5 Å². The zero-order valence-electron chi connectivity index (χ0n) is 20.7. The van der Waals surface area contributed by atoms with Crippen molar-refractivity contribution in [2.24, 2.45) is 0 Å². The summed E-state index contributed by atoms with van der Waals surface area (Å²) < 4.78 is 13.4. The van der Waals surface area contributed by atoms with Crippen molar-refractivity contribution in [2.75, 3.05) is 26.3 Å². The molecule has 0 aliphatic carbocycles. The first-order chi connectivity index (χ1) is 15.8. The van der Waals surface area contributed by atoms with Gasteiger partial charge in [0.15, 0.2) is 13.2 Å². The van der Waals surface area contributed by atoms with Crippen LogP contribution in [0, 0.1) is 0 Å². The fourth-order valence-electron chi connectivity index (χ4n) is 3.22. The lowest BCUT2D eigenvalue weighted by Crippen LogP contribution is -2.38. The Morgan fingerprint density at radius 3 is 1.38 bits per heavy atom. The minimum atomic E-state index is -0.252. The van der Waals surface area contributed by atoms with E-state index in [4.69, 9.17) is 9.47 Å². The molecule has 0 aliphatic heterocycles. The van der Waals surface area contributed by atoms with Gasteiger partial charge in [-0.1, -0.05) is 73.4 Å². The number of carbonyl (C=O) groups is 2. The minimum absolute atomic E-state index is 0.0963. The predicted molar refractivity (Wildman–Crippen MR) is 143 cm³/mol. The van der Waals surface area contributed by atoms with E-state index in [-0.39, 0.29) is 35.9 Å². The lowest BCUT2D eigenvalue weighted by atomic mass is 9.86. The van der Waals surface area contributed by atoms with E-state index in [2.05, 4.69) is 84.0 Å². The molecule has 2 aromatic rings. The molecule has 6 nitrogen and oxygen atoms in total. The number of amides is 2. The molecular formula is C26H34Br2N2O4. The predicted octanol–water partition coefficient (Wildman–Crippen LogP) is 5.50. The van der Waals surface area contributed by atoms with Gasteiger partial charge in [-0.2, -0.15) is 0 Å². The van der Waals surface area contributed by atoms with E-state index in [1.807, 2.05) is 36.4 Å². The number of benzene rings is 2. The molecule has 0 saturated heterocycles. The molecule has 0 bridgehead atoms. The third kappa shape index (κ3) is 8.95. The summed E-state index contributed by atoms with van der Waals surface area (Å²) in [5.41, 5.74) is 1.79. The molecule has 2 N–H and O–H groups in total. The Kier molecular flexibility index (Phi) is 10.0. The Morgan fingerprint density at radius 2 is 1.06 bits per heavy atom. The lowest BCUT2D eigenvalue weighted by molar-refractivity contribution is -0.124. The summed E-state index contributed by atoms with van der Waals surface area (Å²) in [7, 11) is 0. The average Bonchev–Trinajstić information content (AvgIpc) is 2.73. The second-order valence-electron chi connectivity index (χ2n) is 10.1. The van der Waals surface area contributed by atoms with Crippen LogP contribution in [0.15, 0.2) is 45.3 Å². The van der Waals surface area contributed by atoms with E-state index in [0.29, 0.717) is 24.6 Å². The molecule has 2 amide bonds. The molecule has 2 rings (SSSR count). The first-order valence-electron chi connectivity index (χ1n) is 11.2. The Balaban J connectivity index is 1.75. The topological polar surface area (TPSA) is 76.7 Å². The summed E-state index contributed by atoms with van der Waals surface area (Å²) in [6, 6.07) is 11.5. The smallest absolute Gasteiger partial charge is 0.258 e. The molecule has 0 unspecified atom stereocenters. The first kappa shape index (κ1) is 28.2. The van der Waals surface area contributed by atoms with Crippen molar-refractivity contribution in [1.29, 1.82) is 0 Å². The summed E-state index contributed by atoms with van der Waals surface area (Å²) in [4.78, 5) is 24.3. The van der Waals surface area contributed by atoms with Crippen molar-refractivity contribution in [3.63, 3.8) is 0 Å². The molecule has 2 aromatic carbocycles. The second kappa shape index (κ2) is 12.1. The molecule has 0 radical (unpaired) electrons. The number of rotatable bonds is 9. The maximum atomic E-state index is 12.2. The molecule has 186 valence electrons. The number of ether oxygens (including phenoxy) is 2. The number of halogens is 2. The Morgan fingerprint density at radius 1 is 0.706 bits per heavy atom. The molecule has 0 saturated carbocycles. The quantitative estimate of drug-likeness (QED) is 0.374. The van der Waals surface area contributed by atoms with Gasteiger partial charge < -0.3 is 20.1 Å². The van der Waals surface area contributed by atoms with Crippen LogP contribution in [-0.2, 0) is 20.4 Å². The molecule has 0 aliphatic rings. The number of nitrogens with one attached hydrogen (secondary N) is 2.